The van der Waals surface area contributed by atoms with Crippen LogP contribution in [-0.2, 0) is 4.79 Å². The van der Waals surface area contributed by atoms with Crippen LogP contribution in [0.3, 0.4) is 0 Å². The van der Waals surface area contributed by atoms with Crippen molar-refractivity contribution in [3.8, 4) is 0 Å². The van der Waals surface area contributed by atoms with E-state index in [1.54, 1.807) is 6.07 Å². The fourth-order valence-electron chi connectivity index (χ4n) is 2.43. The third kappa shape index (κ3) is 1.65. The van der Waals surface area contributed by atoms with Crippen molar-refractivity contribution in [3.63, 3.8) is 0 Å². The molecule has 4 heteroatoms. The van der Waals surface area contributed by atoms with Gasteiger partial charge in [-0.15, -0.1) is 0 Å². The fraction of sp³-hybridized carbons (Fsp3) is 0.417. The Kier molecular flexibility index (Phi) is 2.57. The number of carboxylic acids is 1. The number of halogens is 2. The molecule has 1 aliphatic rings. The van der Waals surface area contributed by atoms with Gasteiger partial charge in [-0.25, -0.2) is 4.39 Å². The van der Waals surface area contributed by atoms with Gasteiger partial charge in [0.05, 0.1) is 5.92 Å². The van der Waals surface area contributed by atoms with Crippen molar-refractivity contribution in [2.75, 3.05) is 0 Å². The van der Waals surface area contributed by atoms with E-state index < -0.39 is 11.9 Å². The third-order valence-electron chi connectivity index (χ3n) is 3.39. The molecule has 0 heterocycles. The summed E-state index contributed by atoms with van der Waals surface area (Å²) in [5, 5.41) is 9.07. The molecule has 0 bridgehead atoms. The lowest BCUT2D eigenvalue weighted by atomic mass is 10.0. The normalized spacial score (nSPS) is 26.5. The molecule has 1 saturated carbocycles. The molecule has 1 aliphatic carbocycles. The van der Waals surface area contributed by atoms with E-state index >= 15 is 0 Å². The van der Waals surface area contributed by atoms with Gasteiger partial charge < -0.3 is 5.11 Å². The monoisotopic (exact) mass is 286 g/mol. The quantitative estimate of drug-likeness (QED) is 0.905. The molecular weight excluding hydrogens is 275 g/mol. The predicted molar refractivity (Wildman–Crippen MR) is 61.7 cm³/mol. The van der Waals surface area contributed by atoms with E-state index in [1.165, 1.54) is 12.1 Å². The van der Waals surface area contributed by atoms with Gasteiger partial charge in [-0.1, -0.05) is 29.8 Å². The molecule has 0 spiro atoms. The van der Waals surface area contributed by atoms with Crippen LogP contribution in [0.4, 0.5) is 4.39 Å². The molecule has 2 atom stereocenters. The van der Waals surface area contributed by atoms with Crippen LogP contribution in [0.2, 0.25) is 0 Å². The highest BCUT2D eigenvalue weighted by atomic mass is 79.9. The van der Waals surface area contributed by atoms with Gasteiger partial charge in [0.15, 0.2) is 0 Å². The Morgan fingerprint density at radius 1 is 1.50 bits per heavy atom. The predicted octanol–water partition coefficient (Wildman–Crippen LogP) is 3.41. The van der Waals surface area contributed by atoms with Gasteiger partial charge in [-0.2, -0.15) is 0 Å². The largest absolute Gasteiger partial charge is 0.481 e. The van der Waals surface area contributed by atoms with Crippen molar-refractivity contribution in [2.24, 2.45) is 11.3 Å². The Balaban J connectivity index is 2.40. The first-order chi connectivity index (χ1) is 7.35. The van der Waals surface area contributed by atoms with Crippen LogP contribution in [0.15, 0.2) is 22.7 Å². The molecule has 0 amide bonds. The Morgan fingerprint density at radius 2 is 2.12 bits per heavy atom. The maximum atomic E-state index is 13.1. The van der Waals surface area contributed by atoms with Crippen LogP contribution < -0.4 is 0 Å². The summed E-state index contributed by atoms with van der Waals surface area (Å²) >= 11 is 3.34. The van der Waals surface area contributed by atoms with Crippen molar-refractivity contribution in [3.05, 3.63) is 34.1 Å². The number of carbonyl (C=O) groups is 1. The van der Waals surface area contributed by atoms with Crippen LogP contribution >= 0.6 is 15.9 Å². The summed E-state index contributed by atoms with van der Waals surface area (Å²) in [4.78, 5) is 11.0. The number of carboxylic acid groups (broad SMARTS) is 1. The van der Waals surface area contributed by atoms with Crippen LogP contribution in [0.25, 0.3) is 0 Å². The van der Waals surface area contributed by atoms with E-state index in [-0.39, 0.29) is 17.2 Å². The van der Waals surface area contributed by atoms with Gasteiger partial charge in [-0.3, -0.25) is 4.79 Å². The van der Waals surface area contributed by atoms with Gasteiger partial charge in [0.25, 0.3) is 0 Å². The van der Waals surface area contributed by atoms with Crippen LogP contribution in [0.5, 0.6) is 0 Å². The molecule has 0 radical (unpaired) electrons. The minimum Gasteiger partial charge on any atom is -0.481 e. The molecule has 1 aromatic rings. The van der Waals surface area contributed by atoms with Gasteiger partial charge in [0.2, 0.25) is 0 Å². The van der Waals surface area contributed by atoms with E-state index in [9.17, 15) is 9.18 Å². The highest BCUT2D eigenvalue weighted by molar-refractivity contribution is 9.10. The number of hydrogen-bond donors (Lipinski definition) is 1. The molecule has 2 unspecified atom stereocenters. The first-order valence-corrected chi connectivity index (χ1v) is 5.82. The van der Waals surface area contributed by atoms with Gasteiger partial charge in [0.1, 0.15) is 5.82 Å². The number of benzene rings is 1. The van der Waals surface area contributed by atoms with Crippen molar-refractivity contribution in [1.82, 2.24) is 0 Å². The first-order valence-electron chi connectivity index (χ1n) is 5.03. The van der Waals surface area contributed by atoms with Crippen molar-refractivity contribution in [2.45, 2.75) is 19.8 Å². The van der Waals surface area contributed by atoms with E-state index in [1.807, 2.05) is 13.8 Å². The zero-order valence-electron chi connectivity index (χ0n) is 9.00. The summed E-state index contributed by atoms with van der Waals surface area (Å²) < 4.78 is 13.9. The minimum atomic E-state index is -0.814. The number of aliphatic carboxylic acids is 1. The summed E-state index contributed by atoms with van der Waals surface area (Å²) in [6.07, 6.45) is 0. The number of rotatable bonds is 2. The zero-order chi connectivity index (χ0) is 12.1. The average molecular weight is 287 g/mol. The smallest absolute Gasteiger partial charge is 0.307 e. The lowest BCUT2D eigenvalue weighted by molar-refractivity contribution is -0.139. The molecule has 1 N–H and O–H groups in total. The Hall–Kier alpha value is -0.900. The van der Waals surface area contributed by atoms with E-state index in [2.05, 4.69) is 15.9 Å². The SMILES string of the molecule is CC1(C)C(C(=O)O)C1c1cc(F)ccc1Br. The lowest BCUT2D eigenvalue weighted by Gasteiger charge is -2.05. The maximum Gasteiger partial charge on any atom is 0.307 e. The molecule has 0 aliphatic heterocycles. The molecule has 1 aromatic carbocycles. The van der Waals surface area contributed by atoms with Gasteiger partial charge >= 0.3 is 5.97 Å². The first kappa shape index (κ1) is 11.6. The summed E-state index contributed by atoms with van der Waals surface area (Å²) in [6, 6.07) is 4.40. The summed E-state index contributed by atoms with van der Waals surface area (Å²) in [5.41, 5.74) is 0.444. The van der Waals surface area contributed by atoms with Gasteiger partial charge in [-0.05, 0) is 29.2 Å². The highest BCUT2D eigenvalue weighted by Gasteiger charge is 2.63. The molecule has 1 fully saturated rings. The number of hydrogen-bond acceptors (Lipinski definition) is 1. The highest BCUT2D eigenvalue weighted by Crippen LogP contribution is 2.65. The second-order valence-corrected chi connectivity index (χ2v) is 5.64. The molecule has 2 nitrogen and oxygen atoms in total. The van der Waals surface area contributed by atoms with Crippen molar-refractivity contribution >= 4 is 21.9 Å². The molecule has 0 aromatic heterocycles. The Bertz CT molecular complexity index is 456. The summed E-state index contributed by atoms with van der Waals surface area (Å²) in [6.45, 7) is 3.79. The van der Waals surface area contributed by atoms with Crippen LogP contribution in [0, 0.1) is 17.2 Å². The third-order valence-corrected chi connectivity index (χ3v) is 4.11. The van der Waals surface area contributed by atoms with Crippen LogP contribution in [0.1, 0.15) is 25.3 Å². The molecule has 16 heavy (non-hydrogen) atoms. The zero-order valence-corrected chi connectivity index (χ0v) is 10.6. The van der Waals surface area contributed by atoms with E-state index in [4.69, 9.17) is 5.11 Å². The topological polar surface area (TPSA) is 37.3 Å². The molecule has 0 saturated heterocycles. The lowest BCUT2D eigenvalue weighted by Crippen LogP contribution is -2.03. The standard InChI is InChI=1S/C12H12BrFO2/c1-12(2)9(10(12)11(15)16)7-5-6(14)3-4-8(7)13/h3-5,9-10H,1-2H3,(H,15,16). The Morgan fingerprint density at radius 3 is 2.62 bits per heavy atom. The van der Waals surface area contributed by atoms with Crippen LogP contribution in [-0.4, -0.2) is 11.1 Å². The van der Waals surface area contributed by atoms with Gasteiger partial charge in [0, 0.05) is 10.4 Å². The second-order valence-electron chi connectivity index (χ2n) is 4.78. The average Bonchev–Trinajstić information content (AvgIpc) is 2.73. The summed E-state index contributed by atoms with van der Waals surface area (Å²) in [7, 11) is 0. The maximum absolute atomic E-state index is 13.1. The van der Waals surface area contributed by atoms with Crippen molar-refractivity contribution < 1.29 is 14.3 Å². The second kappa shape index (κ2) is 3.55. The minimum absolute atomic E-state index is 0.116. The molecule has 2 rings (SSSR count). The van der Waals surface area contributed by atoms with E-state index in [0.717, 1.165) is 10.0 Å². The fourth-order valence-corrected chi connectivity index (χ4v) is 2.93. The summed E-state index contributed by atoms with van der Waals surface area (Å²) in [5.74, 6) is -1.68. The van der Waals surface area contributed by atoms with E-state index in [0.29, 0.717) is 0 Å². The Labute approximate surface area is 102 Å². The van der Waals surface area contributed by atoms with Crippen molar-refractivity contribution in [1.29, 1.82) is 0 Å². The molecule has 86 valence electrons. The molecular formula is C12H12BrFO2.